The second-order valence-electron chi connectivity index (χ2n) is 3.49. The normalized spacial score (nSPS) is 11.4. The lowest BCUT2D eigenvalue weighted by Crippen LogP contribution is -2.12. The summed E-state index contributed by atoms with van der Waals surface area (Å²) in [5.41, 5.74) is 0.712. The maximum atomic E-state index is 11.9. The van der Waals surface area contributed by atoms with Crippen molar-refractivity contribution in [2.75, 3.05) is 4.72 Å². The van der Waals surface area contributed by atoms with Crippen LogP contribution in [0.2, 0.25) is 0 Å². The number of anilines is 1. The summed E-state index contributed by atoms with van der Waals surface area (Å²) in [5.74, 6) is -0.993. The molecule has 3 N–H and O–H groups in total. The summed E-state index contributed by atoms with van der Waals surface area (Å²) in [7, 11) is -3.80. The molecule has 2 aromatic rings. The van der Waals surface area contributed by atoms with Crippen LogP contribution in [-0.4, -0.2) is 29.7 Å². The molecule has 0 aliphatic rings. The maximum absolute atomic E-state index is 11.9. The van der Waals surface area contributed by atoms with Crippen molar-refractivity contribution in [1.82, 2.24) is 10.2 Å². The molecule has 0 radical (unpaired) electrons. The molecule has 2 rings (SSSR count). The number of aryl methyl sites for hydroxylation is 1. The van der Waals surface area contributed by atoms with E-state index < -0.39 is 16.0 Å². The number of thiophene rings is 1. The molecule has 18 heavy (non-hydrogen) atoms. The fourth-order valence-corrected chi connectivity index (χ4v) is 3.34. The highest BCUT2D eigenvalue weighted by Gasteiger charge is 2.19. The van der Waals surface area contributed by atoms with Crippen LogP contribution >= 0.6 is 11.3 Å². The minimum atomic E-state index is -3.80. The topological polar surface area (TPSA) is 112 Å². The molecule has 0 aliphatic heterocycles. The fraction of sp³-hybridized carbons (Fsp3) is 0.111. The first-order chi connectivity index (χ1) is 8.38. The van der Waals surface area contributed by atoms with Crippen LogP contribution < -0.4 is 4.72 Å². The quantitative estimate of drug-likeness (QED) is 0.784. The molecule has 0 saturated heterocycles. The zero-order chi connectivity index (χ0) is 13.3. The van der Waals surface area contributed by atoms with E-state index >= 15 is 0 Å². The zero-order valence-electron chi connectivity index (χ0n) is 9.17. The molecule has 0 fully saturated rings. The first-order valence-corrected chi connectivity index (χ1v) is 7.11. The molecule has 0 aliphatic carbocycles. The number of hydrogen-bond acceptors (Lipinski definition) is 5. The summed E-state index contributed by atoms with van der Waals surface area (Å²) < 4.78 is 26.0. The van der Waals surface area contributed by atoms with Gasteiger partial charge in [0.05, 0.1) is 4.90 Å². The largest absolute Gasteiger partial charge is 0.477 e. The van der Waals surface area contributed by atoms with Gasteiger partial charge in [-0.3, -0.25) is 9.82 Å². The Kier molecular flexibility index (Phi) is 3.09. The number of nitrogens with zero attached hydrogens (tertiary/aromatic N) is 1. The van der Waals surface area contributed by atoms with E-state index in [1.54, 1.807) is 6.92 Å². The van der Waals surface area contributed by atoms with Crippen LogP contribution in [0, 0.1) is 6.92 Å². The van der Waals surface area contributed by atoms with E-state index in [-0.39, 0.29) is 15.6 Å². The van der Waals surface area contributed by atoms with Crippen molar-refractivity contribution in [2.45, 2.75) is 11.8 Å². The van der Waals surface area contributed by atoms with Gasteiger partial charge in [-0.25, -0.2) is 13.2 Å². The number of rotatable bonds is 4. The van der Waals surface area contributed by atoms with Crippen molar-refractivity contribution < 1.29 is 18.3 Å². The van der Waals surface area contributed by atoms with Gasteiger partial charge in [0.1, 0.15) is 4.88 Å². The number of nitrogens with one attached hydrogen (secondary N) is 2. The third-order valence-electron chi connectivity index (χ3n) is 2.04. The second kappa shape index (κ2) is 4.42. The van der Waals surface area contributed by atoms with Crippen LogP contribution in [0.1, 0.15) is 15.4 Å². The van der Waals surface area contributed by atoms with E-state index in [0.717, 1.165) is 17.4 Å². The number of carboxylic acid groups (broad SMARTS) is 1. The van der Waals surface area contributed by atoms with E-state index in [4.69, 9.17) is 5.11 Å². The Morgan fingerprint density at radius 1 is 1.50 bits per heavy atom. The summed E-state index contributed by atoms with van der Waals surface area (Å²) in [5, 5.41) is 16.3. The van der Waals surface area contributed by atoms with Gasteiger partial charge in [-0.05, 0) is 13.0 Å². The standard InChI is InChI=1S/C9H9N3O4S2/c1-5-2-8(11-10-5)12-18(15,16)6-3-7(9(13)14)17-4-6/h2-4H,1H3,(H,13,14)(H2,10,11,12). The summed E-state index contributed by atoms with van der Waals surface area (Å²) in [6.07, 6.45) is 0. The Hall–Kier alpha value is -1.87. The van der Waals surface area contributed by atoms with Crippen LogP contribution in [0.25, 0.3) is 0 Å². The lowest BCUT2D eigenvalue weighted by Gasteiger charge is -2.01. The van der Waals surface area contributed by atoms with Gasteiger partial charge >= 0.3 is 5.97 Å². The lowest BCUT2D eigenvalue weighted by atomic mass is 10.5. The van der Waals surface area contributed by atoms with Crippen LogP contribution in [-0.2, 0) is 10.0 Å². The van der Waals surface area contributed by atoms with Gasteiger partial charge in [0, 0.05) is 17.1 Å². The SMILES string of the molecule is Cc1cc(NS(=O)(=O)c2csc(C(=O)O)c2)n[nH]1. The third kappa shape index (κ3) is 2.51. The summed E-state index contributed by atoms with van der Waals surface area (Å²) in [4.78, 5) is 10.6. The average Bonchev–Trinajstić information content (AvgIpc) is 2.86. The number of aromatic amines is 1. The Labute approximate surface area is 107 Å². The monoisotopic (exact) mass is 287 g/mol. The first-order valence-electron chi connectivity index (χ1n) is 4.75. The van der Waals surface area contributed by atoms with Crippen LogP contribution in [0.15, 0.2) is 22.4 Å². The first kappa shape index (κ1) is 12.6. The molecule has 96 valence electrons. The van der Waals surface area contributed by atoms with Crippen molar-refractivity contribution >= 4 is 33.1 Å². The molecule has 0 aromatic carbocycles. The lowest BCUT2D eigenvalue weighted by molar-refractivity contribution is 0.0702. The predicted molar refractivity (Wildman–Crippen MR) is 65.4 cm³/mol. The highest BCUT2D eigenvalue weighted by atomic mass is 32.2. The van der Waals surface area contributed by atoms with E-state index in [2.05, 4.69) is 14.9 Å². The fourth-order valence-electron chi connectivity index (χ4n) is 1.24. The van der Waals surface area contributed by atoms with Gasteiger partial charge in [-0.2, -0.15) is 5.10 Å². The molecule has 0 bridgehead atoms. The van der Waals surface area contributed by atoms with Gasteiger partial charge in [0.2, 0.25) is 0 Å². The van der Waals surface area contributed by atoms with Gasteiger partial charge in [0.25, 0.3) is 10.0 Å². The number of carboxylic acids is 1. The number of hydrogen-bond donors (Lipinski definition) is 3. The Morgan fingerprint density at radius 2 is 2.22 bits per heavy atom. The van der Waals surface area contributed by atoms with Gasteiger partial charge in [-0.1, -0.05) is 0 Å². The van der Waals surface area contributed by atoms with Crippen LogP contribution in [0.4, 0.5) is 5.82 Å². The van der Waals surface area contributed by atoms with Crippen molar-refractivity contribution in [1.29, 1.82) is 0 Å². The molecule has 9 heteroatoms. The maximum Gasteiger partial charge on any atom is 0.345 e. The molecule has 7 nitrogen and oxygen atoms in total. The Bertz CT molecular complexity index is 686. The molecule has 0 amide bonds. The van der Waals surface area contributed by atoms with E-state index in [9.17, 15) is 13.2 Å². The average molecular weight is 287 g/mol. The summed E-state index contributed by atoms with van der Waals surface area (Å²) in [6.45, 7) is 1.73. The smallest absolute Gasteiger partial charge is 0.345 e. The molecule has 0 atom stereocenters. The van der Waals surface area contributed by atoms with Crippen molar-refractivity contribution in [3.63, 3.8) is 0 Å². The van der Waals surface area contributed by atoms with E-state index in [0.29, 0.717) is 5.69 Å². The molecular formula is C9H9N3O4S2. The highest BCUT2D eigenvalue weighted by molar-refractivity contribution is 7.92. The number of aromatic nitrogens is 2. The summed E-state index contributed by atoms with van der Waals surface area (Å²) in [6, 6.07) is 2.64. The van der Waals surface area contributed by atoms with E-state index in [1.165, 1.54) is 11.4 Å². The zero-order valence-corrected chi connectivity index (χ0v) is 10.8. The van der Waals surface area contributed by atoms with Gasteiger partial charge in [-0.15, -0.1) is 11.3 Å². The van der Waals surface area contributed by atoms with Crippen LogP contribution in [0.5, 0.6) is 0 Å². The minimum absolute atomic E-state index is 0.0337. The summed E-state index contributed by atoms with van der Waals surface area (Å²) >= 11 is 0.853. The third-order valence-corrected chi connectivity index (χ3v) is 4.44. The molecule has 0 unspecified atom stereocenters. The molecular weight excluding hydrogens is 278 g/mol. The van der Waals surface area contributed by atoms with Gasteiger partial charge in [0.15, 0.2) is 5.82 Å². The minimum Gasteiger partial charge on any atom is -0.477 e. The highest BCUT2D eigenvalue weighted by Crippen LogP contribution is 2.21. The Morgan fingerprint density at radius 3 is 2.72 bits per heavy atom. The van der Waals surface area contributed by atoms with Crippen molar-refractivity contribution in [3.05, 3.63) is 28.1 Å². The molecule has 2 aromatic heterocycles. The number of H-pyrrole nitrogens is 1. The van der Waals surface area contributed by atoms with E-state index in [1.807, 2.05) is 0 Å². The van der Waals surface area contributed by atoms with Crippen molar-refractivity contribution in [3.8, 4) is 0 Å². The molecule has 2 heterocycles. The number of carbonyl (C=O) groups is 1. The predicted octanol–water partition coefficient (Wildman–Crippen LogP) is 1.28. The second-order valence-corrected chi connectivity index (χ2v) is 6.09. The Balaban J connectivity index is 2.27. The molecule has 0 saturated carbocycles. The van der Waals surface area contributed by atoms with Crippen LogP contribution in [0.3, 0.4) is 0 Å². The van der Waals surface area contributed by atoms with Crippen molar-refractivity contribution in [2.24, 2.45) is 0 Å². The number of aromatic carboxylic acids is 1. The number of sulfonamides is 1. The van der Waals surface area contributed by atoms with Gasteiger partial charge < -0.3 is 5.11 Å². The molecule has 0 spiro atoms.